The lowest BCUT2D eigenvalue weighted by atomic mass is 10.0. The van der Waals surface area contributed by atoms with E-state index in [4.69, 9.17) is 4.74 Å². The minimum atomic E-state index is -3.44. The van der Waals surface area contributed by atoms with Crippen LogP contribution in [-0.4, -0.2) is 63.9 Å². The predicted octanol–water partition coefficient (Wildman–Crippen LogP) is 0.696. The van der Waals surface area contributed by atoms with Crippen LogP contribution in [0.3, 0.4) is 0 Å². The van der Waals surface area contributed by atoms with E-state index < -0.39 is 10.2 Å². The lowest BCUT2D eigenvalue weighted by Gasteiger charge is -2.33. The molecule has 1 amide bonds. The van der Waals surface area contributed by atoms with Gasteiger partial charge in [0.2, 0.25) is 0 Å². The van der Waals surface area contributed by atoms with Crippen molar-refractivity contribution in [3.8, 4) is 5.75 Å². The average molecular weight is 341 g/mol. The third-order valence-corrected chi connectivity index (χ3v) is 5.51. The van der Waals surface area contributed by atoms with E-state index in [1.165, 1.54) is 21.2 Å². The van der Waals surface area contributed by atoms with Gasteiger partial charge in [0, 0.05) is 33.2 Å². The molecular formula is C15H23N3O4S. The molecule has 1 aliphatic rings. The fourth-order valence-corrected chi connectivity index (χ4v) is 3.38. The molecule has 0 radical (unpaired) electrons. The maximum atomic E-state index is 12.6. The fourth-order valence-electron chi connectivity index (χ4n) is 2.51. The molecule has 2 rings (SSSR count). The molecule has 0 atom stereocenters. The van der Waals surface area contributed by atoms with E-state index >= 15 is 0 Å². The molecule has 1 aliphatic heterocycles. The summed E-state index contributed by atoms with van der Waals surface area (Å²) in [5, 5.41) is 0. The topological polar surface area (TPSA) is 79.0 Å². The molecule has 0 unspecified atom stereocenters. The lowest BCUT2D eigenvalue weighted by Crippen LogP contribution is -2.49. The van der Waals surface area contributed by atoms with Crippen molar-refractivity contribution in [2.45, 2.75) is 18.9 Å². The highest BCUT2D eigenvalue weighted by molar-refractivity contribution is 7.87. The van der Waals surface area contributed by atoms with Gasteiger partial charge in [-0.25, -0.2) is 0 Å². The number of hydrogen-bond acceptors (Lipinski definition) is 4. The molecule has 23 heavy (non-hydrogen) atoms. The summed E-state index contributed by atoms with van der Waals surface area (Å²) in [6.07, 6.45) is 1.18. The van der Waals surface area contributed by atoms with Gasteiger partial charge in [-0.15, -0.1) is 0 Å². The molecule has 1 aromatic rings. The molecular weight excluding hydrogens is 318 g/mol. The van der Waals surface area contributed by atoms with Gasteiger partial charge in [0.1, 0.15) is 5.75 Å². The zero-order valence-corrected chi connectivity index (χ0v) is 14.5. The van der Waals surface area contributed by atoms with Crippen LogP contribution in [0.4, 0.5) is 0 Å². The second-order valence-electron chi connectivity index (χ2n) is 5.67. The second-order valence-corrected chi connectivity index (χ2v) is 7.59. The van der Waals surface area contributed by atoms with Crippen LogP contribution in [0.25, 0.3) is 0 Å². The number of methoxy groups -OCH3 is 1. The molecule has 0 spiro atoms. The Hall–Kier alpha value is -1.64. The first-order chi connectivity index (χ1) is 10.8. The highest BCUT2D eigenvalue weighted by Crippen LogP contribution is 2.21. The number of benzene rings is 1. The van der Waals surface area contributed by atoms with Crippen molar-refractivity contribution < 1.29 is 17.9 Å². The van der Waals surface area contributed by atoms with Crippen LogP contribution in [-0.2, 0) is 10.2 Å². The number of carbonyl (C=O) groups excluding carboxylic acids is 1. The van der Waals surface area contributed by atoms with E-state index in [-0.39, 0.29) is 11.9 Å². The van der Waals surface area contributed by atoms with Gasteiger partial charge in [-0.05, 0) is 25.0 Å². The highest BCUT2D eigenvalue weighted by Gasteiger charge is 2.28. The van der Waals surface area contributed by atoms with Crippen molar-refractivity contribution >= 4 is 16.1 Å². The maximum absolute atomic E-state index is 12.6. The summed E-state index contributed by atoms with van der Waals surface area (Å²) in [6, 6.07) is 6.96. The van der Waals surface area contributed by atoms with Crippen LogP contribution in [0.5, 0.6) is 5.75 Å². The van der Waals surface area contributed by atoms with Gasteiger partial charge in [0.15, 0.2) is 0 Å². The molecule has 1 fully saturated rings. The van der Waals surface area contributed by atoms with Gasteiger partial charge >= 0.3 is 0 Å². The van der Waals surface area contributed by atoms with E-state index in [9.17, 15) is 13.2 Å². The molecule has 1 heterocycles. The van der Waals surface area contributed by atoms with Crippen molar-refractivity contribution in [1.82, 2.24) is 13.9 Å². The Labute approximate surface area is 137 Å². The number of likely N-dealkylation sites (tertiary alicyclic amines) is 1. The Balaban J connectivity index is 1.98. The number of nitrogens with one attached hydrogen (secondary N) is 1. The van der Waals surface area contributed by atoms with E-state index in [1.807, 2.05) is 6.07 Å². The number of ether oxygens (including phenoxy) is 1. The zero-order valence-electron chi connectivity index (χ0n) is 13.7. The minimum absolute atomic E-state index is 0.0867. The number of hydrogen-bond donors (Lipinski definition) is 1. The smallest absolute Gasteiger partial charge is 0.279 e. The first-order valence-electron chi connectivity index (χ1n) is 7.47. The summed E-state index contributed by atoms with van der Waals surface area (Å²) in [5.41, 5.74) is 0.530. The third-order valence-electron chi connectivity index (χ3n) is 3.92. The van der Waals surface area contributed by atoms with E-state index in [1.54, 1.807) is 23.1 Å². The molecule has 0 saturated carbocycles. The van der Waals surface area contributed by atoms with Crippen LogP contribution >= 0.6 is 0 Å². The van der Waals surface area contributed by atoms with Crippen molar-refractivity contribution in [2.24, 2.45) is 0 Å². The number of para-hydroxylation sites is 1. The van der Waals surface area contributed by atoms with Crippen LogP contribution in [0.1, 0.15) is 23.2 Å². The third kappa shape index (κ3) is 4.21. The van der Waals surface area contributed by atoms with Crippen molar-refractivity contribution in [3.63, 3.8) is 0 Å². The number of amides is 1. The largest absolute Gasteiger partial charge is 0.496 e. The van der Waals surface area contributed by atoms with E-state index in [0.29, 0.717) is 37.2 Å². The molecule has 7 nitrogen and oxygen atoms in total. The van der Waals surface area contributed by atoms with Gasteiger partial charge in [0.05, 0.1) is 12.7 Å². The normalized spacial score (nSPS) is 16.6. The Morgan fingerprint density at radius 1 is 1.26 bits per heavy atom. The molecule has 1 saturated heterocycles. The van der Waals surface area contributed by atoms with Gasteiger partial charge in [-0.2, -0.15) is 17.4 Å². The Morgan fingerprint density at radius 3 is 2.43 bits per heavy atom. The summed E-state index contributed by atoms with van der Waals surface area (Å²) >= 11 is 0. The Kier molecular flexibility index (Phi) is 5.61. The first kappa shape index (κ1) is 17.7. The summed E-state index contributed by atoms with van der Waals surface area (Å²) in [6.45, 7) is 1.02. The quantitative estimate of drug-likeness (QED) is 0.855. The molecule has 0 aromatic heterocycles. The van der Waals surface area contributed by atoms with Gasteiger partial charge in [-0.1, -0.05) is 12.1 Å². The zero-order chi connectivity index (χ0) is 17.0. The SMILES string of the molecule is COc1ccccc1C(=O)N1CCC(NS(=O)(=O)N(C)C)CC1. The Morgan fingerprint density at radius 2 is 1.87 bits per heavy atom. The van der Waals surface area contributed by atoms with Crippen molar-refractivity contribution in [2.75, 3.05) is 34.3 Å². The van der Waals surface area contributed by atoms with Crippen LogP contribution in [0.15, 0.2) is 24.3 Å². The number of piperidine rings is 1. The molecule has 1 N–H and O–H groups in total. The Bertz CT molecular complexity index is 652. The predicted molar refractivity (Wildman–Crippen MR) is 87.7 cm³/mol. The monoisotopic (exact) mass is 341 g/mol. The van der Waals surface area contributed by atoms with Gasteiger partial charge in [0.25, 0.3) is 16.1 Å². The maximum Gasteiger partial charge on any atom is 0.279 e. The minimum Gasteiger partial charge on any atom is -0.496 e. The van der Waals surface area contributed by atoms with E-state index in [2.05, 4.69) is 4.72 Å². The van der Waals surface area contributed by atoms with Crippen LogP contribution < -0.4 is 9.46 Å². The van der Waals surface area contributed by atoms with Crippen LogP contribution in [0, 0.1) is 0 Å². The standard InChI is InChI=1S/C15H23N3O4S/c1-17(2)23(20,21)16-12-8-10-18(11-9-12)15(19)13-6-4-5-7-14(13)22-3/h4-7,12,16H,8-11H2,1-3H3. The molecule has 128 valence electrons. The lowest BCUT2D eigenvalue weighted by molar-refractivity contribution is 0.0707. The van der Waals surface area contributed by atoms with Gasteiger partial charge in [-0.3, -0.25) is 4.79 Å². The summed E-state index contributed by atoms with van der Waals surface area (Å²) < 4.78 is 32.7. The first-order valence-corrected chi connectivity index (χ1v) is 8.91. The fraction of sp³-hybridized carbons (Fsp3) is 0.533. The van der Waals surface area contributed by atoms with Crippen LogP contribution in [0.2, 0.25) is 0 Å². The highest BCUT2D eigenvalue weighted by atomic mass is 32.2. The van der Waals surface area contributed by atoms with E-state index in [0.717, 1.165) is 4.31 Å². The number of nitrogens with zero attached hydrogens (tertiary/aromatic N) is 2. The molecule has 0 bridgehead atoms. The number of carbonyl (C=O) groups is 1. The average Bonchev–Trinajstić information content (AvgIpc) is 2.54. The summed E-state index contributed by atoms with van der Waals surface area (Å²) in [5.74, 6) is 0.462. The molecule has 8 heteroatoms. The second kappa shape index (κ2) is 7.29. The van der Waals surface area contributed by atoms with Crippen molar-refractivity contribution in [3.05, 3.63) is 29.8 Å². The van der Waals surface area contributed by atoms with Gasteiger partial charge < -0.3 is 9.64 Å². The summed E-state index contributed by atoms with van der Waals surface area (Å²) in [7, 11) is 1.08. The molecule has 1 aromatic carbocycles. The number of rotatable bonds is 5. The molecule has 0 aliphatic carbocycles. The summed E-state index contributed by atoms with van der Waals surface area (Å²) in [4.78, 5) is 14.3. The van der Waals surface area contributed by atoms with Crippen molar-refractivity contribution in [1.29, 1.82) is 0 Å².